The lowest BCUT2D eigenvalue weighted by molar-refractivity contribution is -0.0105. The number of aliphatic hydroxyl groups is 1. The first-order chi connectivity index (χ1) is 8.52. The molecule has 1 aliphatic heterocycles. The van der Waals surface area contributed by atoms with Gasteiger partial charge >= 0.3 is 0 Å². The molecule has 0 radical (unpaired) electrons. The van der Waals surface area contributed by atoms with E-state index in [1.807, 2.05) is 11.8 Å². The molecule has 18 heavy (non-hydrogen) atoms. The molecule has 5 nitrogen and oxygen atoms in total. The summed E-state index contributed by atoms with van der Waals surface area (Å²) in [5.74, 6) is 0.822. The van der Waals surface area contributed by atoms with Gasteiger partial charge in [0.2, 0.25) is 0 Å². The molecule has 3 N–H and O–H groups in total. The number of nitrogens with zero attached hydrogens (tertiary/aromatic N) is 2. The standard InChI is InChI=1S/C11H15Cl2N3O2/c1-6-5-18-7(4-17)3-16(6)11-9(13)2-8(12)10(14)15-11/h2,6-7,17H,3-5H2,1H3,(H2,14,15). The van der Waals surface area contributed by atoms with E-state index >= 15 is 0 Å². The third kappa shape index (κ3) is 2.64. The molecule has 7 heteroatoms. The summed E-state index contributed by atoms with van der Waals surface area (Å²) in [6.07, 6.45) is -0.240. The molecule has 1 saturated heterocycles. The molecule has 2 heterocycles. The van der Waals surface area contributed by atoms with Crippen molar-refractivity contribution in [1.29, 1.82) is 0 Å². The van der Waals surface area contributed by atoms with Crippen LogP contribution in [0.2, 0.25) is 10.0 Å². The number of hydrogen-bond donors (Lipinski definition) is 2. The highest BCUT2D eigenvalue weighted by Crippen LogP contribution is 2.32. The summed E-state index contributed by atoms with van der Waals surface area (Å²) >= 11 is 12.0. The van der Waals surface area contributed by atoms with Crippen molar-refractivity contribution < 1.29 is 9.84 Å². The fourth-order valence-electron chi connectivity index (χ4n) is 1.90. The lowest BCUT2D eigenvalue weighted by atomic mass is 10.2. The molecule has 2 rings (SSSR count). The number of ether oxygens (including phenoxy) is 1. The minimum atomic E-state index is -0.240. The molecule has 0 aromatic carbocycles. The van der Waals surface area contributed by atoms with Crippen LogP contribution in [0, 0.1) is 0 Å². The van der Waals surface area contributed by atoms with E-state index in [1.54, 1.807) is 6.07 Å². The Hall–Kier alpha value is -0.750. The molecule has 100 valence electrons. The summed E-state index contributed by atoms with van der Waals surface area (Å²) < 4.78 is 5.47. The second kappa shape index (κ2) is 5.48. The topological polar surface area (TPSA) is 71.6 Å². The van der Waals surface area contributed by atoms with Crippen LogP contribution in [-0.2, 0) is 4.74 Å². The van der Waals surface area contributed by atoms with Crippen LogP contribution in [0.25, 0.3) is 0 Å². The van der Waals surface area contributed by atoms with Crippen LogP contribution in [0.3, 0.4) is 0 Å². The Morgan fingerprint density at radius 2 is 2.28 bits per heavy atom. The number of nitrogen functional groups attached to an aromatic ring is 1. The molecule has 0 aliphatic carbocycles. The summed E-state index contributed by atoms with van der Waals surface area (Å²) in [6.45, 7) is 2.98. The fourth-order valence-corrected chi connectivity index (χ4v) is 2.36. The van der Waals surface area contributed by atoms with Crippen LogP contribution >= 0.6 is 23.2 Å². The van der Waals surface area contributed by atoms with Crippen LogP contribution in [0.4, 0.5) is 11.6 Å². The second-order valence-corrected chi connectivity index (χ2v) is 5.11. The molecule has 1 fully saturated rings. The van der Waals surface area contributed by atoms with Gasteiger partial charge in [-0.25, -0.2) is 4.98 Å². The normalized spacial score (nSPS) is 24.3. The predicted molar refractivity (Wildman–Crippen MR) is 72.3 cm³/mol. The number of nitrogens with two attached hydrogens (primary N) is 1. The molecule has 2 atom stereocenters. The van der Waals surface area contributed by atoms with Crippen LogP contribution in [0.1, 0.15) is 6.92 Å². The molecule has 1 aromatic rings. The highest BCUT2D eigenvalue weighted by Gasteiger charge is 2.28. The van der Waals surface area contributed by atoms with E-state index in [9.17, 15) is 0 Å². The first-order valence-corrected chi connectivity index (χ1v) is 6.39. The average molecular weight is 292 g/mol. The minimum Gasteiger partial charge on any atom is -0.394 e. The molecule has 0 spiro atoms. The van der Waals surface area contributed by atoms with Gasteiger partial charge in [-0.05, 0) is 13.0 Å². The van der Waals surface area contributed by atoms with Crippen LogP contribution < -0.4 is 10.6 Å². The molecule has 2 unspecified atom stereocenters. The predicted octanol–water partition coefficient (Wildman–Crippen LogP) is 1.56. The number of morpholine rings is 1. The molecule has 0 amide bonds. The Kier molecular flexibility index (Phi) is 4.17. The fraction of sp³-hybridized carbons (Fsp3) is 0.545. The SMILES string of the molecule is CC1COC(CO)CN1c1nc(N)c(Cl)cc1Cl. The summed E-state index contributed by atoms with van der Waals surface area (Å²) in [5, 5.41) is 9.94. The van der Waals surface area contributed by atoms with Gasteiger partial charge in [0.1, 0.15) is 11.6 Å². The van der Waals surface area contributed by atoms with E-state index in [-0.39, 0.29) is 24.6 Å². The van der Waals surface area contributed by atoms with Crippen molar-refractivity contribution in [3.05, 3.63) is 16.1 Å². The maximum absolute atomic E-state index is 9.16. The Labute approximate surface area is 115 Å². The van der Waals surface area contributed by atoms with Gasteiger partial charge in [-0.2, -0.15) is 0 Å². The van der Waals surface area contributed by atoms with Gasteiger partial charge in [-0.3, -0.25) is 0 Å². The zero-order chi connectivity index (χ0) is 13.3. The molecule has 1 aliphatic rings. The lowest BCUT2D eigenvalue weighted by Crippen LogP contribution is -2.50. The van der Waals surface area contributed by atoms with Crippen molar-refractivity contribution in [1.82, 2.24) is 4.98 Å². The van der Waals surface area contributed by atoms with E-state index in [1.165, 1.54) is 0 Å². The quantitative estimate of drug-likeness (QED) is 0.865. The highest BCUT2D eigenvalue weighted by atomic mass is 35.5. The number of halogens is 2. The third-order valence-electron chi connectivity index (χ3n) is 2.92. The molecule has 1 aromatic heterocycles. The van der Waals surface area contributed by atoms with E-state index in [0.717, 1.165) is 0 Å². The average Bonchev–Trinajstić information content (AvgIpc) is 2.35. The number of aromatic nitrogens is 1. The van der Waals surface area contributed by atoms with Crippen molar-refractivity contribution in [2.24, 2.45) is 0 Å². The van der Waals surface area contributed by atoms with Gasteiger partial charge in [-0.15, -0.1) is 0 Å². The number of anilines is 2. The second-order valence-electron chi connectivity index (χ2n) is 4.30. The number of aliphatic hydroxyl groups excluding tert-OH is 1. The van der Waals surface area contributed by atoms with Gasteiger partial charge < -0.3 is 20.5 Å². The molecule has 0 saturated carbocycles. The summed E-state index contributed by atoms with van der Waals surface area (Å²) in [6, 6.07) is 1.69. The molecular formula is C11H15Cl2N3O2. The summed E-state index contributed by atoms with van der Waals surface area (Å²) in [4.78, 5) is 6.19. The number of rotatable bonds is 2. The highest BCUT2D eigenvalue weighted by molar-refractivity contribution is 6.37. The maximum atomic E-state index is 9.16. The van der Waals surface area contributed by atoms with Crippen molar-refractivity contribution in [2.75, 3.05) is 30.4 Å². The Morgan fingerprint density at radius 1 is 1.56 bits per heavy atom. The zero-order valence-corrected chi connectivity index (χ0v) is 11.4. The van der Waals surface area contributed by atoms with Crippen molar-refractivity contribution >= 4 is 34.8 Å². The number of hydrogen-bond acceptors (Lipinski definition) is 5. The zero-order valence-electron chi connectivity index (χ0n) is 9.94. The Morgan fingerprint density at radius 3 is 2.94 bits per heavy atom. The van der Waals surface area contributed by atoms with E-state index in [0.29, 0.717) is 29.0 Å². The molecule has 0 bridgehead atoms. The van der Waals surface area contributed by atoms with Gasteiger partial charge in [0.25, 0.3) is 0 Å². The van der Waals surface area contributed by atoms with Gasteiger partial charge in [0.05, 0.1) is 35.4 Å². The monoisotopic (exact) mass is 291 g/mol. The van der Waals surface area contributed by atoms with Crippen molar-refractivity contribution in [2.45, 2.75) is 19.1 Å². The summed E-state index contributed by atoms with van der Waals surface area (Å²) in [7, 11) is 0. The van der Waals surface area contributed by atoms with Crippen LogP contribution in [0.5, 0.6) is 0 Å². The molecular weight excluding hydrogens is 277 g/mol. The minimum absolute atomic E-state index is 0.0378. The van der Waals surface area contributed by atoms with Crippen molar-refractivity contribution in [3.8, 4) is 0 Å². The summed E-state index contributed by atoms with van der Waals surface area (Å²) in [5.41, 5.74) is 5.70. The van der Waals surface area contributed by atoms with E-state index < -0.39 is 0 Å². The first kappa shape index (κ1) is 13.7. The van der Waals surface area contributed by atoms with Gasteiger partial charge in [-0.1, -0.05) is 23.2 Å². The lowest BCUT2D eigenvalue weighted by Gasteiger charge is -2.38. The van der Waals surface area contributed by atoms with Gasteiger partial charge in [0.15, 0.2) is 0 Å². The van der Waals surface area contributed by atoms with Gasteiger partial charge in [0, 0.05) is 6.54 Å². The maximum Gasteiger partial charge on any atom is 0.150 e. The van der Waals surface area contributed by atoms with Crippen LogP contribution in [-0.4, -0.2) is 42.0 Å². The van der Waals surface area contributed by atoms with Crippen molar-refractivity contribution in [3.63, 3.8) is 0 Å². The third-order valence-corrected chi connectivity index (χ3v) is 3.50. The first-order valence-electron chi connectivity index (χ1n) is 5.63. The van der Waals surface area contributed by atoms with Crippen LogP contribution in [0.15, 0.2) is 6.07 Å². The Balaban J connectivity index is 2.31. The Bertz CT molecular complexity index is 445. The van der Waals surface area contributed by atoms with E-state index in [2.05, 4.69) is 4.98 Å². The largest absolute Gasteiger partial charge is 0.394 e. The number of pyridine rings is 1. The van der Waals surface area contributed by atoms with E-state index in [4.69, 9.17) is 38.8 Å². The smallest absolute Gasteiger partial charge is 0.150 e.